The molecule has 0 atom stereocenters. The number of hydrogen-bond donors (Lipinski definition) is 2. The maximum Gasteiger partial charge on any atom is 0.335 e. The van der Waals surface area contributed by atoms with Gasteiger partial charge in [0.1, 0.15) is 0 Å². The molecule has 1 fully saturated rings. The summed E-state index contributed by atoms with van der Waals surface area (Å²) in [6.45, 7) is 0. The van der Waals surface area contributed by atoms with Gasteiger partial charge in [0.15, 0.2) is 11.5 Å². The fourth-order valence-electron chi connectivity index (χ4n) is 1.76. The Balaban J connectivity index is 2.39. The van der Waals surface area contributed by atoms with Crippen molar-refractivity contribution in [1.29, 1.82) is 0 Å². The van der Waals surface area contributed by atoms with Gasteiger partial charge in [-0.3, -0.25) is 4.79 Å². The number of amides is 1. The number of carbonyl (C=O) groups is 2. The van der Waals surface area contributed by atoms with Crippen LogP contribution < -0.4 is 14.8 Å². The van der Waals surface area contributed by atoms with Gasteiger partial charge in [0.25, 0.3) is 0 Å². The monoisotopic (exact) mass is 265 g/mol. The predicted octanol–water partition coefficient (Wildman–Crippen LogP) is 1.75. The lowest BCUT2D eigenvalue weighted by Crippen LogP contribution is -2.15. The molecule has 2 rings (SSSR count). The average molecular weight is 265 g/mol. The first-order valence-corrected chi connectivity index (χ1v) is 5.87. The number of anilines is 1. The quantitative estimate of drug-likeness (QED) is 0.847. The third kappa shape index (κ3) is 2.78. The van der Waals surface area contributed by atoms with Crippen LogP contribution >= 0.6 is 0 Å². The number of carboxylic acids is 1. The largest absolute Gasteiger partial charge is 0.493 e. The molecule has 0 bridgehead atoms. The molecule has 0 saturated heterocycles. The second-order valence-corrected chi connectivity index (χ2v) is 4.33. The number of carboxylic acid groups (broad SMARTS) is 1. The second-order valence-electron chi connectivity index (χ2n) is 4.33. The molecule has 6 heteroatoms. The molecule has 1 aromatic rings. The number of aromatic carboxylic acids is 1. The standard InChI is InChI=1S/C13H15NO5/c1-18-10-6-8(13(16)17)5-9(11(10)19-2)14-12(15)7-3-4-7/h5-7H,3-4H2,1-2H3,(H,14,15)(H,16,17). The van der Waals surface area contributed by atoms with Crippen LogP contribution in [0.2, 0.25) is 0 Å². The van der Waals surface area contributed by atoms with Gasteiger partial charge in [0.2, 0.25) is 5.91 Å². The van der Waals surface area contributed by atoms with Crippen molar-refractivity contribution in [3.63, 3.8) is 0 Å². The molecule has 0 aliphatic heterocycles. The Bertz CT molecular complexity index is 522. The zero-order valence-corrected chi connectivity index (χ0v) is 10.7. The molecule has 0 heterocycles. The van der Waals surface area contributed by atoms with Crippen molar-refractivity contribution in [3.05, 3.63) is 17.7 Å². The van der Waals surface area contributed by atoms with Crippen LogP contribution in [0.1, 0.15) is 23.2 Å². The van der Waals surface area contributed by atoms with E-state index in [4.69, 9.17) is 14.6 Å². The Morgan fingerprint density at radius 3 is 2.42 bits per heavy atom. The van der Waals surface area contributed by atoms with E-state index >= 15 is 0 Å². The van der Waals surface area contributed by atoms with Crippen LogP contribution in [-0.2, 0) is 4.79 Å². The smallest absolute Gasteiger partial charge is 0.335 e. The van der Waals surface area contributed by atoms with Crippen LogP contribution in [0.4, 0.5) is 5.69 Å². The molecule has 1 aliphatic carbocycles. The summed E-state index contributed by atoms with van der Waals surface area (Å²) in [6.07, 6.45) is 1.73. The maximum absolute atomic E-state index is 11.8. The average Bonchev–Trinajstić information content (AvgIpc) is 3.21. The van der Waals surface area contributed by atoms with E-state index in [0.717, 1.165) is 12.8 Å². The summed E-state index contributed by atoms with van der Waals surface area (Å²) >= 11 is 0. The lowest BCUT2D eigenvalue weighted by Gasteiger charge is -2.14. The van der Waals surface area contributed by atoms with Crippen LogP contribution in [0, 0.1) is 5.92 Å². The highest BCUT2D eigenvalue weighted by molar-refractivity contribution is 5.98. The normalized spacial score (nSPS) is 13.8. The van der Waals surface area contributed by atoms with E-state index < -0.39 is 5.97 Å². The van der Waals surface area contributed by atoms with Crippen molar-refractivity contribution in [3.8, 4) is 11.5 Å². The van der Waals surface area contributed by atoms with E-state index in [1.807, 2.05) is 0 Å². The minimum absolute atomic E-state index is 0.0178. The molecule has 1 amide bonds. The van der Waals surface area contributed by atoms with Gasteiger partial charge in [0, 0.05) is 5.92 Å². The summed E-state index contributed by atoms with van der Waals surface area (Å²) in [5.74, 6) is -0.607. The van der Waals surface area contributed by atoms with Crippen molar-refractivity contribution < 1.29 is 24.2 Å². The summed E-state index contributed by atoms with van der Waals surface area (Å²) in [4.78, 5) is 22.8. The lowest BCUT2D eigenvalue weighted by atomic mass is 10.1. The number of ether oxygens (including phenoxy) is 2. The minimum Gasteiger partial charge on any atom is -0.493 e. The van der Waals surface area contributed by atoms with E-state index in [1.54, 1.807) is 0 Å². The Kier molecular flexibility index (Phi) is 3.59. The first-order valence-electron chi connectivity index (χ1n) is 5.87. The third-order valence-electron chi connectivity index (χ3n) is 2.93. The Morgan fingerprint density at radius 2 is 1.95 bits per heavy atom. The van der Waals surface area contributed by atoms with Crippen molar-refractivity contribution in [1.82, 2.24) is 0 Å². The third-order valence-corrected chi connectivity index (χ3v) is 2.93. The van der Waals surface area contributed by atoms with Crippen LogP contribution in [0.25, 0.3) is 0 Å². The first-order chi connectivity index (χ1) is 9.06. The molecule has 0 spiro atoms. The molecule has 2 N–H and O–H groups in total. The Labute approximate surface area is 110 Å². The van der Waals surface area contributed by atoms with Gasteiger partial charge in [-0.25, -0.2) is 4.79 Å². The van der Waals surface area contributed by atoms with Gasteiger partial charge in [-0.05, 0) is 25.0 Å². The van der Waals surface area contributed by atoms with Crippen LogP contribution in [0.5, 0.6) is 11.5 Å². The zero-order chi connectivity index (χ0) is 14.0. The number of carbonyl (C=O) groups excluding carboxylic acids is 1. The van der Waals surface area contributed by atoms with Gasteiger partial charge in [-0.15, -0.1) is 0 Å². The highest BCUT2D eigenvalue weighted by Crippen LogP contribution is 2.38. The minimum atomic E-state index is -1.09. The van der Waals surface area contributed by atoms with Gasteiger partial charge in [-0.1, -0.05) is 0 Å². The SMILES string of the molecule is COc1cc(C(=O)O)cc(NC(=O)C2CC2)c1OC. The number of benzene rings is 1. The van der Waals surface area contributed by atoms with Crippen molar-refractivity contribution >= 4 is 17.6 Å². The number of methoxy groups -OCH3 is 2. The summed E-state index contributed by atoms with van der Waals surface area (Å²) in [5, 5.41) is 11.7. The Morgan fingerprint density at radius 1 is 1.26 bits per heavy atom. The van der Waals surface area contributed by atoms with Gasteiger partial charge in [0.05, 0.1) is 25.5 Å². The molecule has 1 aliphatic rings. The predicted molar refractivity (Wildman–Crippen MR) is 67.9 cm³/mol. The van der Waals surface area contributed by atoms with Crippen LogP contribution in [-0.4, -0.2) is 31.2 Å². The molecule has 19 heavy (non-hydrogen) atoms. The Hall–Kier alpha value is -2.24. The van der Waals surface area contributed by atoms with Crippen LogP contribution in [0.3, 0.4) is 0 Å². The summed E-state index contributed by atoms with van der Waals surface area (Å²) in [5.41, 5.74) is 0.347. The molecule has 0 aromatic heterocycles. The van der Waals surface area contributed by atoms with Gasteiger partial charge < -0.3 is 19.9 Å². The van der Waals surface area contributed by atoms with E-state index in [9.17, 15) is 9.59 Å². The maximum atomic E-state index is 11.8. The van der Waals surface area contributed by atoms with E-state index in [2.05, 4.69) is 5.32 Å². The lowest BCUT2D eigenvalue weighted by molar-refractivity contribution is -0.117. The zero-order valence-electron chi connectivity index (χ0n) is 10.7. The molecule has 1 saturated carbocycles. The van der Waals surface area contributed by atoms with Gasteiger partial charge >= 0.3 is 5.97 Å². The summed E-state index contributed by atoms with van der Waals surface area (Å²) < 4.78 is 10.3. The first kappa shape index (κ1) is 13.2. The summed E-state index contributed by atoms with van der Waals surface area (Å²) in [7, 11) is 2.85. The molecular formula is C13H15NO5. The molecular weight excluding hydrogens is 250 g/mol. The highest BCUT2D eigenvalue weighted by atomic mass is 16.5. The van der Waals surface area contributed by atoms with Crippen LogP contribution in [0.15, 0.2) is 12.1 Å². The van der Waals surface area contributed by atoms with Crippen molar-refractivity contribution in [2.45, 2.75) is 12.8 Å². The molecule has 0 radical (unpaired) electrons. The fourth-order valence-corrected chi connectivity index (χ4v) is 1.76. The van der Waals surface area contributed by atoms with E-state index in [-0.39, 0.29) is 23.1 Å². The molecule has 1 aromatic carbocycles. The number of nitrogens with one attached hydrogen (secondary N) is 1. The molecule has 0 unspecified atom stereocenters. The van der Waals surface area contributed by atoms with E-state index in [1.165, 1.54) is 26.4 Å². The molecule has 6 nitrogen and oxygen atoms in total. The number of rotatable bonds is 5. The molecule has 102 valence electrons. The highest BCUT2D eigenvalue weighted by Gasteiger charge is 2.30. The topological polar surface area (TPSA) is 84.9 Å². The second kappa shape index (κ2) is 5.17. The fraction of sp³-hybridized carbons (Fsp3) is 0.385. The van der Waals surface area contributed by atoms with E-state index in [0.29, 0.717) is 11.4 Å². The van der Waals surface area contributed by atoms with Crippen molar-refractivity contribution in [2.24, 2.45) is 5.92 Å². The number of hydrogen-bond acceptors (Lipinski definition) is 4. The van der Waals surface area contributed by atoms with Crippen molar-refractivity contribution in [2.75, 3.05) is 19.5 Å². The summed E-state index contributed by atoms with van der Waals surface area (Å²) in [6, 6.07) is 2.72. The van der Waals surface area contributed by atoms with Gasteiger partial charge in [-0.2, -0.15) is 0 Å².